The number of rotatable bonds is 4. The van der Waals surface area contributed by atoms with Gasteiger partial charge in [0.15, 0.2) is 11.5 Å². The van der Waals surface area contributed by atoms with Gasteiger partial charge in [-0.2, -0.15) is 0 Å². The number of likely N-dealkylation sites (N-methyl/N-ethyl adjacent to an activating group) is 1. The Morgan fingerprint density at radius 3 is 2.75 bits per heavy atom. The summed E-state index contributed by atoms with van der Waals surface area (Å²) in [4.78, 5) is 2.21. The van der Waals surface area contributed by atoms with E-state index in [1.807, 2.05) is 18.2 Å². The third kappa shape index (κ3) is 2.13. The summed E-state index contributed by atoms with van der Waals surface area (Å²) in [5.74, 6) is 1.56. The van der Waals surface area contributed by atoms with Gasteiger partial charge in [0.2, 0.25) is 0 Å². The molecule has 2 rings (SSSR count). The second-order valence-electron chi connectivity index (χ2n) is 4.11. The lowest BCUT2D eigenvalue weighted by atomic mass is 10.1. The first-order chi connectivity index (χ1) is 7.74. The number of ether oxygens (including phenoxy) is 2. The van der Waals surface area contributed by atoms with Gasteiger partial charge >= 0.3 is 0 Å². The van der Waals surface area contributed by atoms with Crippen LogP contribution in [0.4, 0.5) is 0 Å². The van der Waals surface area contributed by atoms with Crippen LogP contribution in [0.2, 0.25) is 0 Å². The summed E-state index contributed by atoms with van der Waals surface area (Å²) in [5.41, 5.74) is 6.69. The first-order valence-electron chi connectivity index (χ1n) is 5.45. The van der Waals surface area contributed by atoms with Gasteiger partial charge in [-0.3, -0.25) is 4.90 Å². The average molecular weight is 222 g/mol. The van der Waals surface area contributed by atoms with Crippen molar-refractivity contribution >= 4 is 0 Å². The minimum Gasteiger partial charge on any atom is -0.493 e. The zero-order valence-electron chi connectivity index (χ0n) is 9.77. The Kier molecular flexibility index (Phi) is 3.31. The number of hydrogen-bond donors (Lipinski definition) is 1. The van der Waals surface area contributed by atoms with Gasteiger partial charge in [0.05, 0.1) is 7.11 Å². The molecule has 1 aliphatic rings. The van der Waals surface area contributed by atoms with Crippen molar-refractivity contribution in [3.05, 3.63) is 23.8 Å². The highest BCUT2D eigenvalue weighted by Gasteiger charge is 2.26. The van der Waals surface area contributed by atoms with Crippen molar-refractivity contribution in [1.82, 2.24) is 4.90 Å². The van der Waals surface area contributed by atoms with E-state index >= 15 is 0 Å². The molecule has 4 heteroatoms. The quantitative estimate of drug-likeness (QED) is 0.820. The van der Waals surface area contributed by atoms with Crippen LogP contribution in [0.3, 0.4) is 0 Å². The van der Waals surface area contributed by atoms with Crippen molar-refractivity contribution in [1.29, 1.82) is 0 Å². The van der Waals surface area contributed by atoms with Crippen LogP contribution < -0.4 is 15.2 Å². The van der Waals surface area contributed by atoms with E-state index in [0.717, 1.165) is 30.2 Å². The van der Waals surface area contributed by atoms with Gasteiger partial charge in [-0.1, -0.05) is 12.1 Å². The molecule has 16 heavy (non-hydrogen) atoms. The fraction of sp³-hybridized carbons (Fsp3) is 0.500. The minimum absolute atomic E-state index is 0.256. The van der Waals surface area contributed by atoms with Gasteiger partial charge in [0.25, 0.3) is 0 Å². The molecule has 0 atom stereocenters. The van der Waals surface area contributed by atoms with Crippen LogP contribution in [0.1, 0.15) is 5.56 Å². The van der Waals surface area contributed by atoms with Crippen LogP contribution in [0.5, 0.6) is 11.5 Å². The predicted molar refractivity (Wildman–Crippen MR) is 62.8 cm³/mol. The van der Waals surface area contributed by atoms with E-state index in [1.165, 1.54) is 0 Å². The summed E-state index contributed by atoms with van der Waals surface area (Å²) in [6, 6.07) is 5.80. The number of benzene rings is 1. The molecule has 0 spiro atoms. The maximum absolute atomic E-state index is 5.92. The van der Waals surface area contributed by atoms with Crippen molar-refractivity contribution in [2.24, 2.45) is 5.73 Å². The van der Waals surface area contributed by atoms with E-state index in [0.29, 0.717) is 6.54 Å². The van der Waals surface area contributed by atoms with E-state index < -0.39 is 0 Å². The molecule has 0 aliphatic carbocycles. The molecule has 88 valence electrons. The number of nitrogens with zero attached hydrogens (tertiary/aromatic N) is 1. The molecule has 1 aromatic rings. The summed E-state index contributed by atoms with van der Waals surface area (Å²) in [5, 5.41) is 0. The smallest absolute Gasteiger partial charge is 0.166 e. The molecule has 0 amide bonds. The summed E-state index contributed by atoms with van der Waals surface area (Å²) in [6.07, 6.45) is 0.256. The number of likely N-dealkylation sites (tertiary alicyclic amines) is 1. The van der Waals surface area contributed by atoms with E-state index in [2.05, 4.69) is 11.9 Å². The molecule has 0 unspecified atom stereocenters. The predicted octanol–water partition coefficient (Wildman–Crippen LogP) is 0.847. The second-order valence-corrected chi connectivity index (χ2v) is 4.11. The Morgan fingerprint density at radius 2 is 2.19 bits per heavy atom. The van der Waals surface area contributed by atoms with Gasteiger partial charge in [0, 0.05) is 25.2 Å². The standard InChI is InChI=1S/C12H18N2O2/c1-14-7-10(8-14)16-12-9(6-13)4-3-5-11(12)15-2/h3-5,10H,6-8,13H2,1-2H3. The van der Waals surface area contributed by atoms with Crippen LogP contribution >= 0.6 is 0 Å². The molecule has 0 bridgehead atoms. The van der Waals surface area contributed by atoms with Crippen LogP contribution in [0.25, 0.3) is 0 Å². The van der Waals surface area contributed by atoms with Crippen LogP contribution in [0, 0.1) is 0 Å². The molecular weight excluding hydrogens is 204 g/mol. The molecule has 0 aromatic heterocycles. The summed E-state index contributed by atoms with van der Waals surface area (Å²) >= 11 is 0. The lowest BCUT2D eigenvalue weighted by Crippen LogP contribution is -2.51. The van der Waals surface area contributed by atoms with Gasteiger partial charge in [-0.05, 0) is 13.1 Å². The third-order valence-electron chi connectivity index (χ3n) is 2.82. The largest absolute Gasteiger partial charge is 0.493 e. The van der Waals surface area contributed by atoms with Crippen molar-refractivity contribution in [2.75, 3.05) is 27.2 Å². The Balaban J connectivity index is 2.16. The molecule has 0 radical (unpaired) electrons. The monoisotopic (exact) mass is 222 g/mol. The summed E-state index contributed by atoms with van der Waals surface area (Å²) < 4.78 is 11.2. The Bertz CT molecular complexity index is 340. The lowest BCUT2D eigenvalue weighted by Gasteiger charge is -2.36. The Hall–Kier alpha value is -1.26. The summed E-state index contributed by atoms with van der Waals surface area (Å²) in [6.45, 7) is 2.39. The van der Waals surface area contributed by atoms with Crippen molar-refractivity contribution in [2.45, 2.75) is 12.6 Å². The van der Waals surface area contributed by atoms with Crippen LogP contribution in [-0.4, -0.2) is 38.3 Å². The number of para-hydroxylation sites is 1. The first kappa shape index (κ1) is 11.2. The minimum atomic E-state index is 0.256. The molecular formula is C12H18N2O2. The number of methoxy groups -OCH3 is 1. The van der Waals surface area contributed by atoms with Gasteiger partial charge in [-0.15, -0.1) is 0 Å². The highest BCUT2D eigenvalue weighted by Crippen LogP contribution is 2.32. The Labute approximate surface area is 95.9 Å². The maximum atomic E-state index is 5.92. The van der Waals surface area contributed by atoms with Crippen LogP contribution in [-0.2, 0) is 6.54 Å². The van der Waals surface area contributed by atoms with Gasteiger partial charge < -0.3 is 15.2 Å². The zero-order valence-corrected chi connectivity index (χ0v) is 9.77. The van der Waals surface area contributed by atoms with Crippen molar-refractivity contribution in [3.8, 4) is 11.5 Å². The molecule has 1 aliphatic heterocycles. The van der Waals surface area contributed by atoms with E-state index in [9.17, 15) is 0 Å². The SMILES string of the molecule is COc1cccc(CN)c1OC1CN(C)C1. The molecule has 4 nitrogen and oxygen atoms in total. The van der Waals surface area contributed by atoms with Gasteiger partial charge in [0.1, 0.15) is 6.10 Å². The lowest BCUT2D eigenvalue weighted by molar-refractivity contribution is 0.0363. The fourth-order valence-electron chi connectivity index (χ4n) is 1.90. The number of nitrogens with two attached hydrogens (primary N) is 1. The molecule has 1 saturated heterocycles. The second kappa shape index (κ2) is 4.72. The Morgan fingerprint density at radius 1 is 1.44 bits per heavy atom. The number of hydrogen-bond acceptors (Lipinski definition) is 4. The molecule has 1 aromatic carbocycles. The molecule has 2 N–H and O–H groups in total. The van der Waals surface area contributed by atoms with E-state index in [1.54, 1.807) is 7.11 Å². The van der Waals surface area contributed by atoms with Crippen LogP contribution in [0.15, 0.2) is 18.2 Å². The van der Waals surface area contributed by atoms with E-state index in [-0.39, 0.29) is 6.10 Å². The first-order valence-corrected chi connectivity index (χ1v) is 5.45. The molecule has 1 heterocycles. The van der Waals surface area contributed by atoms with Crippen molar-refractivity contribution < 1.29 is 9.47 Å². The third-order valence-corrected chi connectivity index (χ3v) is 2.82. The summed E-state index contributed by atoms with van der Waals surface area (Å²) in [7, 11) is 3.72. The average Bonchev–Trinajstić information content (AvgIpc) is 2.27. The normalized spacial score (nSPS) is 16.9. The maximum Gasteiger partial charge on any atom is 0.166 e. The molecule has 1 fully saturated rings. The zero-order chi connectivity index (χ0) is 11.5. The van der Waals surface area contributed by atoms with Crippen molar-refractivity contribution in [3.63, 3.8) is 0 Å². The van der Waals surface area contributed by atoms with Gasteiger partial charge in [-0.25, -0.2) is 0 Å². The molecule has 0 saturated carbocycles. The fourth-order valence-corrected chi connectivity index (χ4v) is 1.90. The van der Waals surface area contributed by atoms with E-state index in [4.69, 9.17) is 15.2 Å². The highest BCUT2D eigenvalue weighted by atomic mass is 16.5. The topological polar surface area (TPSA) is 47.7 Å². The highest BCUT2D eigenvalue weighted by molar-refractivity contribution is 5.46.